The summed E-state index contributed by atoms with van der Waals surface area (Å²) in [4.78, 5) is 24.5. The van der Waals surface area contributed by atoms with Gasteiger partial charge in [-0.15, -0.1) is 0 Å². The standard InChI is InChI=1S/C22H15ClF2O4/c23-17-7-3-1-5-15(17)12-28-21-8-4-2-6-16(21)22(27)29-13-20(26)14-9-10-18(24)19(25)11-14/h1-11H,12-13H2. The van der Waals surface area contributed by atoms with E-state index in [0.29, 0.717) is 5.02 Å². The molecule has 3 aromatic rings. The summed E-state index contributed by atoms with van der Waals surface area (Å²) in [6, 6.07) is 16.2. The van der Waals surface area contributed by atoms with E-state index in [1.165, 1.54) is 6.07 Å². The third-order valence-electron chi connectivity index (χ3n) is 4.02. The van der Waals surface area contributed by atoms with E-state index in [0.717, 1.165) is 23.8 Å². The maximum atomic E-state index is 13.2. The Hall–Kier alpha value is -3.25. The van der Waals surface area contributed by atoms with Crippen molar-refractivity contribution in [2.24, 2.45) is 0 Å². The molecule has 0 amide bonds. The van der Waals surface area contributed by atoms with Crippen molar-refractivity contribution in [2.45, 2.75) is 6.61 Å². The first kappa shape index (κ1) is 20.5. The van der Waals surface area contributed by atoms with Gasteiger partial charge < -0.3 is 9.47 Å². The van der Waals surface area contributed by atoms with Crippen LogP contribution in [0.2, 0.25) is 5.02 Å². The van der Waals surface area contributed by atoms with Crippen LogP contribution in [0.4, 0.5) is 8.78 Å². The number of ether oxygens (including phenoxy) is 2. The summed E-state index contributed by atoms with van der Waals surface area (Å²) in [6.45, 7) is -0.486. The second-order valence-corrected chi connectivity index (χ2v) is 6.41. The molecule has 0 heterocycles. The molecule has 4 nitrogen and oxygen atoms in total. The summed E-state index contributed by atoms with van der Waals surface area (Å²) in [6.07, 6.45) is 0. The van der Waals surface area contributed by atoms with Crippen molar-refractivity contribution in [3.63, 3.8) is 0 Å². The van der Waals surface area contributed by atoms with Crippen molar-refractivity contribution in [3.05, 3.63) is 100 Å². The maximum absolute atomic E-state index is 13.2. The minimum atomic E-state index is -1.15. The van der Waals surface area contributed by atoms with Crippen LogP contribution in [0, 0.1) is 11.6 Å². The van der Waals surface area contributed by atoms with Gasteiger partial charge in [-0.25, -0.2) is 13.6 Å². The second-order valence-electron chi connectivity index (χ2n) is 6.00. The molecule has 0 aliphatic rings. The fourth-order valence-electron chi connectivity index (χ4n) is 2.49. The van der Waals surface area contributed by atoms with E-state index in [2.05, 4.69) is 0 Å². The Balaban J connectivity index is 1.65. The van der Waals surface area contributed by atoms with E-state index in [-0.39, 0.29) is 23.5 Å². The molecule has 0 spiro atoms. The molecule has 148 valence electrons. The number of hydrogen-bond acceptors (Lipinski definition) is 4. The predicted molar refractivity (Wildman–Crippen MR) is 103 cm³/mol. The van der Waals surface area contributed by atoms with E-state index in [4.69, 9.17) is 21.1 Å². The van der Waals surface area contributed by atoms with Gasteiger partial charge in [0.05, 0.1) is 0 Å². The van der Waals surface area contributed by atoms with Crippen molar-refractivity contribution in [2.75, 3.05) is 6.61 Å². The van der Waals surface area contributed by atoms with Gasteiger partial charge in [0, 0.05) is 16.1 Å². The van der Waals surface area contributed by atoms with Gasteiger partial charge in [0.2, 0.25) is 0 Å². The summed E-state index contributed by atoms with van der Waals surface area (Å²) >= 11 is 6.10. The lowest BCUT2D eigenvalue weighted by molar-refractivity contribution is 0.0470. The number of carbonyl (C=O) groups excluding carboxylic acids is 2. The Morgan fingerprint density at radius 1 is 0.897 bits per heavy atom. The first-order valence-electron chi connectivity index (χ1n) is 8.56. The number of para-hydroxylation sites is 1. The molecule has 3 aromatic carbocycles. The van der Waals surface area contributed by atoms with Gasteiger partial charge in [0.1, 0.15) is 17.9 Å². The molecule has 0 fully saturated rings. The minimum Gasteiger partial charge on any atom is -0.488 e. The number of ketones is 1. The molecule has 0 saturated carbocycles. The number of halogens is 3. The zero-order valence-corrected chi connectivity index (χ0v) is 15.8. The summed E-state index contributed by atoms with van der Waals surface area (Å²) in [5.41, 5.74) is 0.767. The highest BCUT2D eigenvalue weighted by Crippen LogP contribution is 2.23. The first-order valence-corrected chi connectivity index (χ1v) is 8.94. The molecule has 0 aliphatic carbocycles. The number of carbonyl (C=O) groups is 2. The molecule has 29 heavy (non-hydrogen) atoms. The highest BCUT2D eigenvalue weighted by Gasteiger charge is 2.17. The number of esters is 1. The molecule has 0 radical (unpaired) electrons. The van der Waals surface area contributed by atoms with Gasteiger partial charge in [-0.2, -0.15) is 0 Å². The molecule has 0 aromatic heterocycles. The van der Waals surface area contributed by atoms with Crippen molar-refractivity contribution in [1.82, 2.24) is 0 Å². The largest absolute Gasteiger partial charge is 0.488 e. The molecule has 0 N–H and O–H groups in total. The summed E-state index contributed by atoms with van der Waals surface area (Å²) < 4.78 is 36.9. The SMILES string of the molecule is O=C(COC(=O)c1ccccc1OCc1ccccc1Cl)c1ccc(F)c(F)c1. The van der Waals surface area contributed by atoms with Crippen LogP contribution in [0.25, 0.3) is 0 Å². The molecule has 0 atom stereocenters. The third-order valence-corrected chi connectivity index (χ3v) is 4.39. The Bertz CT molecular complexity index is 1050. The second kappa shape index (κ2) is 9.30. The van der Waals surface area contributed by atoms with E-state index in [1.807, 2.05) is 6.07 Å². The van der Waals surface area contributed by atoms with E-state index in [9.17, 15) is 18.4 Å². The molecule has 0 aliphatic heterocycles. The zero-order chi connectivity index (χ0) is 20.8. The Kier molecular flexibility index (Phi) is 6.57. The fourth-order valence-corrected chi connectivity index (χ4v) is 2.68. The van der Waals surface area contributed by atoms with Gasteiger partial charge in [-0.05, 0) is 36.4 Å². The summed E-state index contributed by atoms with van der Waals surface area (Å²) in [5, 5.41) is 0.532. The lowest BCUT2D eigenvalue weighted by atomic mass is 10.1. The third kappa shape index (κ3) is 5.18. The van der Waals surface area contributed by atoms with Crippen LogP contribution in [0.3, 0.4) is 0 Å². The van der Waals surface area contributed by atoms with Crippen LogP contribution in [0.1, 0.15) is 26.3 Å². The van der Waals surface area contributed by atoms with Gasteiger partial charge in [-0.3, -0.25) is 4.79 Å². The van der Waals surface area contributed by atoms with Crippen LogP contribution in [-0.4, -0.2) is 18.4 Å². The molecule has 7 heteroatoms. The highest BCUT2D eigenvalue weighted by molar-refractivity contribution is 6.31. The van der Waals surface area contributed by atoms with Crippen LogP contribution in [0.15, 0.2) is 66.7 Å². The zero-order valence-electron chi connectivity index (χ0n) is 15.0. The van der Waals surface area contributed by atoms with E-state index >= 15 is 0 Å². The van der Waals surface area contributed by atoms with Crippen LogP contribution in [-0.2, 0) is 11.3 Å². The lowest BCUT2D eigenvalue weighted by Gasteiger charge is -2.12. The number of Topliss-reactive ketones (excluding diaryl/α,β-unsaturated/α-hetero) is 1. The Morgan fingerprint density at radius 2 is 1.62 bits per heavy atom. The van der Waals surface area contributed by atoms with Crippen LogP contribution < -0.4 is 4.74 Å². The smallest absolute Gasteiger partial charge is 0.342 e. The number of rotatable bonds is 7. The average Bonchev–Trinajstić information content (AvgIpc) is 2.73. The Labute approximate surface area is 170 Å². The van der Waals surface area contributed by atoms with Gasteiger partial charge in [-0.1, -0.05) is 41.9 Å². The van der Waals surface area contributed by atoms with Crippen molar-refractivity contribution < 1.29 is 27.8 Å². The molecule has 0 bridgehead atoms. The van der Waals surface area contributed by atoms with E-state index in [1.54, 1.807) is 36.4 Å². The molecule has 0 saturated heterocycles. The minimum absolute atomic E-state index is 0.0973. The normalized spacial score (nSPS) is 10.4. The Morgan fingerprint density at radius 3 is 2.38 bits per heavy atom. The molecule has 3 rings (SSSR count). The first-order chi connectivity index (χ1) is 14.0. The topological polar surface area (TPSA) is 52.6 Å². The van der Waals surface area contributed by atoms with Gasteiger partial charge >= 0.3 is 5.97 Å². The van der Waals surface area contributed by atoms with Crippen LogP contribution >= 0.6 is 11.6 Å². The van der Waals surface area contributed by atoms with Gasteiger partial charge in [0.15, 0.2) is 24.0 Å². The summed E-state index contributed by atoms with van der Waals surface area (Å²) in [7, 11) is 0. The van der Waals surface area contributed by atoms with Gasteiger partial charge in [0.25, 0.3) is 0 Å². The monoisotopic (exact) mass is 416 g/mol. The molecular formula is C22H15ClF2O4. The summed E-state index contributed by atoms with van der Waals surface area (Å²) in [5.74, 6) is -3.40. The number of hydrogen-bond donors (Lipinski definition) is 0. The van der Waals surface area contributed by atoms with Crippen molar-refractivity contribution in [1.29, 1.82) is 0 Å². The lowest BCUT2D eigenvalue weighted by Crippen LogP contribution is -2.15. The van der Waals surface area contributed by atoms with Crippen LogP contribution in [0.5, 0.6) is 5.75 Å². The number of benzene rings is 3. The van der Waals surface area contributed by atoms with Crippen molar-refractivity contribution in [3.8, 4) is 5.75 Å². The molecule has 0 unspecified atom stereocenters. The van der Waals surface area contributed by atoms with E-state index < -0.39 is 30.0 Å². The quantitative estimate of drug-likeness (QED) is 0.390. The predicted octanol–water partition coefficient (Wildman–Crippen LogP) is 5.24. The maximum Gasteiger partial charge on any atom is 0.342 e. The highest BCUT2D eigenvalue weighted by atomic mass is 35.5. The fraction of sp³-hybridized carbons (Fsp3) is 0.0909. The van der Waals surface area contributed by atoms with Crippen molar-refractivity contribution >= 4 is 23.4 Å². The average molecular weight is 417 g/mol. The molecular weight excluding hydrogens is 402 g/mol.